The molecule has 1 unspecified atom stereocenters. The molecule has 160 valence electrons. The van der Waals surface area contributed by atoms with E-state index in [-0.39, 0.29) is 6.10 Å². The third-order valence-corrected chi connectivity index (χ3v) is 9.86. The van der Waals surface area contributed by atoms with E-state index in [1.165, 1.54) is 56.6 Å². The number of rotatable bonds is 4. The van der Waals surface area contributed by atoms with Crippen molar-refractivity contribution >= 4 is 5.97 Å². The second-order valence-corrected chi connectivity index (χ2v) is 11.1. The maximum absolute atomic E-state index is 11.4. The van der Waals surface area contributed by atoms with E-state index >= 15 is 0 Å². The number of hydrogen-bond donors (Lipinski definition) is 1. The molecule has 3 saturated carbocycles. The highest BCUT2D eigenvalue weighted by Crippen LogP contribution is 2.80. The standard InChI is InChI=1S/C25H36O4/c1-16-8-12-25-15-23(25,2)10-4-5-20(25)24(16,3)11-9-17-6-7-19(28-14-17)18-13-21(26)29-22(18)27/h6,13,16,19-20,22,27H,4-5,7-12,14-15H2,1-3H3/t16-,19?,20+,22+,23-,24-,25-/m1/s1. The van der Waals surface area contributed by atoms with Crippen molar-refractivity contribution in [3.05, 3.63) is 23.3 Å². The van der Waals surface area contributed by atoms with Crippen LogP contribution in [0.25, 0.3) is 0 Å². The number of hydrogen-bond acceptors (Lipinski definition) is 4. The fourth-order valence-electron chi connectivity index (χ4n) is 7.72. The third-order valence-electron chi connectivity index (χ3n) is 9.86. The summed E-state index contributed by atoms with van der Waals surface area (Å²) in [5.74, 6) is 1.21. The first-order valence-corrected chi connectivity index (χ1v) is 11.7. The summed E-state index contributed by atoms with van der Waals surface area (Å²) in [5.41, 5.74) is 3.65. The Morgan fingerprint density at radius 1 is 1.24 bits per heavy atom. The van der Waals surface area contributed by atoms with Crippen LogP contribution in [0, 0.1) is 28.1 Å². The smallest absolute Gasteiger partial charge is 0.333 e. The summed E-state index contributed by atoms with van der Waals surface area (Å²) in [5, 5.41) is 9.86. The van der Waals surface area contributed by atoms with Gasteiger partial charge in [-0.15, -0.1) is 0 Å². The quantitative estimate of drug-likeness (QED) is 0.538. The first kappa shape index (κ1) is 19.8. The monoisotopic (exact) mass is 400 g/mol. The molecule has 29 heavy (non-hydrogen) atoms. The molecule has 0 amide bonds. The first-order valence-electron chi connectivity index (χ1n) is 11.7. The lowest BCUT2D eigenvalue weighted by molar-refractivity contribution is -0.152. The van der Waals surface area contributed by atoms with E-state index in [1.54, 1.807) is 0 Å². The Bertz CT molecular complexity index is 769. The molecule has 2 aliphatic heterocycles. The van der Waals surface area contributed by atoms with Crippen molar-refractivity contribution in [2.45, 2.75) is 91.0 Å². The highest BCUT2D eigenvalue weighted by molar-refractivity contribution is 5.85. The second kappa shape index (κ2) is 6.68. The molecular formula is C25H36O4. The molecule has 4 heteroatoms. The minimum atomic E-state index is -1.14. The molecule has 1 spiro atoms. The fourth-order valence-corrected chi connectivity index (χ4v) is 7.72. The van der Waals surface area contributed by atoms with Crippen LogP contribution < -0.4 is 0 Å². The lowest BCUT2D eigenvalue weighted by Gasteiger charge is -2.55. The molecule has 5 rings (SSSR count). The number of carbonyl (C=O) groups is 1. The van der Waals surface area contributed by atoms with Crippen molar-refractivity contribution in [1.29, 1.82) is 0 Å². The molecule has 4 nitrogen and oxygen atoms in total. The predicted octanol–water partition coefficient (Wildman–Crippen LogP) is 4.92. The van der Waals surface area contributed by atoms with Crippen LogP contribution in [0.2, 0.25) is 0 Å². The minimum Gasteiger partial charge on any atom is -0.429 e. The molecule has 3 aliphatic carbocycles. The third kappa shape index (κ3) is 2.96. The molecule has 0 aromatic carbocycles. The van der Waals surface area contributed by atoms with Crippen molar-refractivity contribution in [1.82, 2.24) is 0 Å². The molecule has 0 aromatic rings. The van der Waals surface area contributed by atoms with Crippen LogP contribution in [0.15, 0.2) is 23.3 Å². The van der Waals surface area contributed by atoms with Gasteiger partial charge in [0.1, 0.15) is 0 Å². The van der Waals surface area contributed by atoms with Gasteiger partial charge in [-0.05, 0) is 85.0 Å². The Morgan fingerprint density at radius 2 is 2.07 bits per heavy atom. The van der Waals surface area contributed by atoms with Crippen LogP contribution in [0.5, 0.6) is 0 Å². The Kier molecular flexibility index (Phi) is 4.57. The van der Waals surface area contributed by atoms with Crippen LogP contribution in [-0.4, -0.2) is 30.1 Å². The normalized spacial score (nSPS) is 48.9. The Morgan fingerprint density at radius 3 is 2.76 bits per heavy atom. The minimum absolute atomic E-state index is 0.238. The zero-order valence-electron chi connectivity index (χ0n) is 18.2. The highest BCUT2D eigenvalue weighted by Gasteiger charge is 2.72. The van der Waals surface area contributed by atoms with Gasteiger partial charge in [0, 0.05) is 11.6 Å². The van der Waals surface area contributed by atoms with E-state index in [9.17, 15) is 9.90 Å². The average molecular weight is 401 g/mol. The SMILES string of the molecule is C[C@@H]1CC[C@]23C[C@@]2(C)CCC[C@H]3[C@]1(C)CCC1=CCC(C2=CC(=O)O[C@@H]2O)OC1. The van der Waals surface area contributed by atoms with E-state index in [0.29, 0.717) is 34.8 Å². The number of aliphatic hydroxyl groups is 1. The van der Waals surface area contributed by atoms with Gasteiger partial charge in [0.05, 0.1) is 12.7 Å². The van der Waals surface area contributed by atoms with Crippen LogP contribution >= 0.6 is 0 Å². The fraction of sp³-hybridized carbons (Fsp3) is 0.800. The summed E-state index contributed by atoms with van der Waals surface area (Å²) in [6, 6.07) is 0. The number of carbonyl (C=O) groups excluding carboxylic acids is 1. The average Bonchev–Trinajstić information content (AvgIpc) is 3.19. The summed E-state index contributed by atoms with van der Waals surface area (Å²) < 4.78 is 10.8. The first-order chi connectivity index (χ1) is 13.8. The molecule has 0 aromatic heterocycles. The summed E-state index contributed by atoms with van der Waals surface area (Å²) in [6.45, 7) is 8.24. The molecule has 7 atom stereocenters. The van der Waals surface area contributed by atoms with E-state index in [2.05, 4.69) is 26.8 Å². The predicted molar refractivity (Wildman–Crippen MR) is 111 cm³/mol. The van der Waals surface area contributed by atoms with Gasteiger partial charge in [-0.1, -0.05) is 33.3 Å². The van der Waals surface area contributed by atoms with E-state index < -0.39 is 12.3 Å². The largest absolute Gasteiger partial charge is 0.429 e. The lowest BCUT2D eigenvalue weighted by Crippen LogP contribution is -2.47. The molecule has 0 radical (unpaired) electrons. The molecular weight excluding hydrogens is 364 g/mol. The van der Waals surface area contributed by atoms with E-state index in [4.69, 9.17) is 9.47 Å². The second-order valence-electron chi connectivity index (χ2n) is 11.1. The molecule has 1 N–H and O–H groups in total. The number of esters is 1. The van der Waals surface area contributed by atoms with Crippen LogP contribution in [0.4, 0.5) is 0 Å². The molecule has 5 aliphatic rings. The van der Waals surface area contributed by atoms with Crippen molar-refractivity contribution in [3.8, 4) is 0 Å². The van der Waals surface area contributed by atoms with Gasteiger partial charge >= 0.3 is 5.97 Å². The van der Waals surface area contributed by atoms with Crippen molar-refractivity contribution in [2.24, 2.45) is 28.1 Å². The van der Waals surface area contributed by atoms with Crippen molar-refractivity contribution in [2.75, 3.05) is 6.61 Å². The van der Waals surface area contributed by atoms with Gasteiger partial charge in [-0.2, -0.15) is 0 Å². The number of cyclic esters (lactones) is 1. The van der Waals surface area contributed by atoms with Gasteiger partial charge in [0.2, 0.25) is 6.29 Å². The van der Waals surface area contributed by atoms with Gasteiger partial charge < -0.3 is 14.6 Å². The van der Waals surface area contributed by atoms with Crippen LogP contribution in [0.1, 0.15) is 78.6 Å². The Balaban J connectivity index is 1.25. The molecule has 3 fully saturated rings. The van der Waals surface area contributed by atoms with Crippen LogP contribution in [0.3, 0.4) is 0 Å². The van der Waals surface area contributed by atoms with Crippen LogP contribution in [-0.2, 0) is 14.3 Å². The summed E-state index contributed by atoms with van der Waals surface area (Å²) in [6.07, 6.45) is 14.0. The zero-order valence-corrected chi connectivity index (χ0v) is 18.2. The van der Waals surface area contributed by atoms with E-state index in [0.717, 1.165) is 18.3 Å². The zero-order chi connectivity index (χ0) is 20.4. The molecule has 0 bridgehead atoms. The highest BCUT2D eigenvalue weighted by atomic mass is 16.6. The summed E-state index contributed by atoms with van der Waals surface area (Å²) >= 11 is 0. The maximum atomic E-state index is 11.4. The topological polar surface area (TPSA) is 55.8 Å². The van der Waals surface area contributed by atoms with Gasteiger partial charge in [-0.3, -0.25) is 0 Å². The maximum Gasteiger partial charge on any atom is 0.333 e. The van der Waals surface area contributed by atoms with Crippen molar-refractivity contribution < 1.29 is 19.4 Å². The molecule has 0 saturated heterocycles. The number of aliphatic hydroxyl groups excluding tert-OH is 1. The Hall–Kier alpha value is -1.13. The van der Waals surface area contributed by atoms with Crippen molar-refractivity contribution in [3.63, 3.8) is 0 Å². The van der Waals surface area contributed by atoms with Gasteiger partial charge in [-0.25, -0.2) is 4.79 Å². The Labute approximate surface area is 174 Å². The van der Waals surface area contributed by atoms with Gasteiger partial charge in [0.15, 0.2) is 0 Å². The summed E-state index contributed by atoms with van der Waals surface area (Å²) in [4.78, 5) is 11.4. The number of ether oxygens (including phenoxy) is 2. The van der Waals surface area contributed by atoms with Gasteiger partial charge in [0.25, 0.3) is 0 Å². The lowest BCUT2D eigenvalue weighted by atomic mass is 9.50. The molecule has 2 heterocycles. The van der Waals surface area contributed by atoms with E-state index in [1.807, 2.05) is 0 Å². The summed E-state index contributed by atoms with van der Waals surface area (Å²) in [7, 11) is 0.